The smallest absolute Gasteiger partial charge is 0.240 e. The number of para-hydroxylation sites is 2. The molecular formula is C23H33ClN4O. The van der Waals surface area contributed by atoms with Crippen LogP contribution in [0.3, 0.4) is 0 Å². The van der Waals surface area contributed by atoms with Gasteiger partial charge in [-0.1, -0.05) is 25.5 Å². The average molecular weight is 417 g/mol. The van der Waals surface area contributed by atoms with Crippen molar-refractivity contribution in [1.29, 1.82) is 5.41 Å². The first-order valence-corrected chi connectivity index (χ1v) is 11.2. The van der Waals surface area contributed by atoms with Gasteiger partial charge < -0.3 is 14.5 Å². The molecule has 4 aliphatic carbocycles. The number of hydrogen-bond donors (Lipinski definition) is 2. The molecule has 4 bridgehead atoms. The highest BCUT2D eigenvalue weighted by Gasteiger charge is 2.48. The number of aromatic nitrogens is 2. The van der Waals surface area contributed by atoms with Crippen LogP contribution in [0.25, 0.3) is 11.0 Å². The summed E-state index contributed by atoms with van der Waals surface area (Å²) in [4.78, 5) is 13.0. The molecule has 1 heterocycles. The van der Waals surface area contributed by atoms with Crippen molar-refractivity contribution >= 4 is 29.3 Å². The minimum absolute atomic E-state index is 0. The van der Waals surface area contributed by atoms with Crippen molar-refractivity contribution in [3.8, 4) is 0 Å². The van der Waals surface area contributed by atoms with E-state index in [1.807, 2.05) is 22.8 Å². The Morgan fingerprint density at radius 3 is 2.21 bits per heavy atom. The molecule has 4 saturated carbocycles. The lowest BCUT2D eigenvalue weighted by Crippen LogP contribution is -2.56. The van der Waals surface area contributed by atoms with Crippen LogP contribution in [0, 0.1) is 29.1 Å². The molecule has 2 N–H and O–H groups in total. The van der Waals surface area contributed by atoms with Gasteiger partial charge in [0.2, 0.25) is 11.5 Å². The number of hydrogen-bond acceptors (Lipinski definition) is 2. The number of nitrogens with one attached hydrogen (secondary N) is 2. The zero-order valence-corrected chi connectivity index (χ0v) is 18.1. The Morgan fingerprint density at radius 1 is 1.03 bits per heavy atom. The minimum atomic E-state index is 0. The summed E-state index contributed by atoms with van der Waals surface area (Å²) in [6.07, 6.45) is 8.82. The molecule has 158 valence electrons. The predicted octanol–water partition coefficient (Wildman–Crippen LogP) is 4.09. The number of halogens is 1. The van der Waals surface area contributed by atoms with Crippen LogP contribution >= 0.6 is 12.4 Å². The van der Waals surface area contributed by atoms with Crippen LogP contribution in [-0.2, 0) is 17.9 Å². The SMILES string of the molecule is CCCCn1c(=N)n(CC(=O)NC2C3CC4CC(C3)CC2C4)c2ccccc21.Cl. The van der Waals surface area contributed by atoms with Gasteiger partial charge in [0.25, 0.3) is 0 Å². The van der Waals surface area contributed by atoms with Crippen molar-refractivity contribution in [2.75, 3.05) is 0 Å². The highest BCUT2D eigenvalue weighted by atomic mass is 35.5. The molecule has 5 nitrogen and oxygen atoms in total. The maximum absolute atomic E-state index is 13.0. The Labute approximate surface area is 178 Å². The van der Waals surface area contributed by atoms with Crippen LogP contribution in [-0.4, -0.2) is 21.1 Å². The summed E-state index contributed by atoms with van der Waals surface area (Å²) in [5.74, 6) is 3.29. The Kier molecular flexibility index (Phi) is 5.78. The summed E-state index contributed by atoms with van der Waals surface area (Å²) in [6.45, 7) is 3.25. The van der Waals surface area contributed by atoms with Crippen molar-refractivity contribution in [3.63, 3.8) is 0 Å². The van der Waals surface area contributed by atoms with Gasteiger partial charge in [0, 0.05) is 12.6 Å². The van der Waals surface area contributed by atoms with Crippen LogP contribution in [0.2, 0.25) is 0 Å². The zero-order chi connectivity index (χ0) is 19.3. The topological polar surface area (TPSA) is 62.8 Å². The Bertz CT molecular complexity index is 918. The van der Waals surface area contributed by atoms with Gasteiger partial charge in [0.1, 0.15) is 6.54 Å². The Morgan fingerprint density at radius 2 is 1.62 bits per heavy atom. The van der Waals surface area contributed by atoms with Gasteiger partial charge in [0.15, 0.2) is 0 Å². The summed E-state index contributed by atoms with van der Waals surface area (Å²) in [5.41, 5.74) is 2.49. The molecule has 0 unspecified atom stereocenters. The number of nitrogens with zero attached hydrogens (tertiary/aromatic N) is 2. The fourth-order valence-corrected chi connectivity index (χ4v) is 6.53. The number of unbranched alkanes of at least 4 members (excludes halogenated alkanes) is 1. The normalized spacial score (nSPS) is 29.8. The molecule has 4 aliphatic rings. The maximum atomic E-state index is 13.0. The van der Waals surface area contributed by atoms with Gasteiger partial charge >= 0.3 is 0 Å². The molecule has 1 amide bonds. The van der Waals surface area contributed by atoms with Gasteiger partial charge in [-0.3, -0.25) is 10.2 Å². The molecule has 0 spiro atoms. The number of carbonyl (C=O) groups excluding carboxylic acids is 1. The Balaban J connectivity index is 0.00000205. The van der Waals surface area contributed by atoms with Crippen LogP contribution < -0.4 is 10.9 Å². The van der Waals surface area contributed by atoms with E-state index in [1.54, 1.807) is 0 Å². The fraction of sp³-hybridized carbons (Fsp3) is 0.652. The lowest BCUT2D eigenvalue weighted by atomic mass is 9.54. The van der Waals surface area contributed by atoms with E-state index in [0.29, 0.717) is 23.5 Å². The van der Waals surface area contributed by atoms with Gasteiger partial charge in [-0.15, -0.1) is 12.4 Å². The molecule has 6 rings (SSSR count). The molecule has 4 fully saturated rings. The zero-order valence-electron chi connectivity index (χ0n) is 17.3. The molecule has 0 saturated heterocycles. The number of imidazole rings is 1. The minimum Gasteiger partial charge on any atom is -0.351 e. The second kappa shape index (κ2) is 8.17. The number of carbonyl (C=O) groups is 1. The van der Waals surface area contributed by atoms with Crippen LogP contribution in [0.4, 0.5) is 0 Å². The predicted molar refractivity (Wildman–Crippen MR) is 117 cm³/mol. The fourth-order valence-electron chi connectivity index (χ4n) is 6.53. The van der Waals surface area contributed by atoms with E-state index in [2.05, 4.69) is 22.9 Å². The third kappa shape index (κ3) is 3.63. The van der Waals surface area contributed by atoms with Crippen LogP contribution in [0.1, 0.15) is 51.9 Å². The highest BCUT2D eigenvalue weighted by molar-refractivity contribution is 5.85. The summed E-state index contributed by atoms with van der Waals surface area (Å²) in [5, 5.41) is 12.1. The van der Waals surface area contributed by atoms with E-state index in [9.17, 15) is 4.79 Å². The van der Waals surface area contributed by atoms with Gasteiger partial charge in [-0.25, -0.2) is 0 Å². The second-order valence-electron chi connectivity index (χ2n) is 9.43. The number of amides is 1. The second-order valence-corrected chi connectivity index (χ2v) is 9.43. The first-order valence-electron chi connectivity index (χ1n) is 11.2. The molecular weight excluding hydrogens is 384 g/mol. The van der Waals surface area contributed by atoms with E-state index >= 15 is 0 Å². The lowest BCUT2D eigenvalue weighted by Gasteiger charge is -2.54. The molecule has 0 aliphatic heterocycles. The average Bonchev–Trinajstić information content (AvgIpc) is 2.94. The number of fused-ring (bicyclic) bond motifs is 1. The first-order chi connectivity index (χ1) is 13.6. The lowest BCUT2D eigenvalue weighted by molar-refractivity contribution is -0.125. The third-order valence-electron chi connectivity index (χ3n) is 7.57. The van der Waals surface area contributed by atoms with Crippen LogP contribution in [0.5, 0.6) is 0 Å². The first kappa shape index (κ1) is 20.5. The van der Waals surface area contributed by atoms with Crippen molar-refractivity contribution < 1.29 is 4.79 Å². The van der Waals surface area contributed by atoms with Gasteiger partial charge in [0.05, 0.1) is 11.0 Å². The quantitative estimate of drug-likeness (QED) is 0.732. The molecule has 1 aromatic carbocycles. The van der Waals surface area contributed by atoms with E-state index in [-0.39, 0.29) is 24.9 Å². The van der Waals surface area contributed by atoms with Crippen molar-refractivity contribution in [1.82, 2.24) is 14.5 Å². The van der Waals surface area contributed by atoms with E-state index in [1.165, 1.54) is 32.1 Å². The van der Waals surface area contributed by atoms with Crippen molar-refractivity contribution in [3.05, 3.63) is 29.9 Å². The molecule has 0 radical (unpaired) electrons. The molecule has 0 atom stereocenters. The van der Waals surface area contributed by atoms with Gasteiger partial charge in [-0.05, 0) is 74.3 Å². The summed E-state index contributed by atoms with van der Waals surface area (Å²) < 4.78 is 3.94. The van der Waals surface area contributed by atoms with E-state index in [0.717, 1.165) is 42.3 Å². The summed E-state index contributed by atoms with van der Waals surface area (Å²) in [7, 11) is 0. The maximum Gasteiger partial charge on any atom is 0.240 e. The number of aryl methyl sites for hydroxylation is 1. The largest absolute Gasteiger partial charge is 0.351 e. The third-order valence-corrected chi connectivity index (χ3v) is 7.57. The Hall–Kier alpha value is -1.75. The van der Waals surface area contributed by atoms with E-state index < -0.39 is 0 Å². The standard InChI is InChI=1S/C23H32N4O.ClH/c1-2-3-8-26-19-6-4-5-7-20(19)27(23(26)24)14-21(28)25-22-17-10-15-9-16(12-17)13-18(22)11-15;/h4-7,15-18,22,24H,2-3,8-14H2,1H3,(H,25,28);1H. The number of benzene rings is 1. The molecule has 6 heteroatoms. The molecule has 29 heavy (non-hydrogen) atoms. The molecule has 1 aromatic heterocycles. The summed E-state index contributed by atoms with van der Waals surface area (Å²) >= 11 is 0. The monoisotopic (exact) mass is 416 g/mol. The van der Waals surface area contributed by atoms with Crippen LogP contribution in [0.15, 0.2) is 24.3 Å². The van der Waals surface area contributed by atoms with Gasteiger partial charge in [-0.2, -0.15) is 0 Å². The molecule has 2 aromatic rings. The summed E-state index contributed by atoms with van der Waals surface area (Å²) in [6, 6.07) is 8.48. The van der Waals surface area contributed by atoms with E-state index in [4.69, 9.17) is 5.41 Å². The van der Waals surface area contributed by atoms with Crippen molar-refractivity contribution in [2.24, 2.45) is 23.7 Å². The van der Waals surface area contributed by atoms with Crippen molar-refractivity contribution in [2.45, 2.75) is 71.0 Å². The highest BCUT2D eigenvalue weighted by Crippen LogP contribution is 2.53. The number of rotatable bonds is 6.